The van der Waals surface area contributed by atoms with Crippen molar-refractivity contribution in [2.24, 2.45) is 7.05 Å². The molecule has 0 radical (unpaired) electrons. The molecule has 14 nitrogen and oxygen atoms in total. The number of anilines is 1. The number of imidazole rings is 1. The maximum Gasteiger partial charge on any atom is 0.522 e. The molecule has 2 fully saturated rings. The standard InChI is InChI=1S/C41H44F3N7O7/c1-24-20-27(23-48(2)38(24)55)26-7-10-31-33(21-26)50(18-19-58-41(42,43)44)36(46-31)25-13-16-49(17-14-25)35(53)6-4-3-5-15-45-28-8-9-29-30(22-28)40(57)51(39(29)56)32-11-12-34(52)47-37(32)54/h7-10,20-23,25,32,45H,3-6,11-19H2,1-2H3,(H,47,52,54). The van der Waals surface area contributed by atoms with E-state index in [1.54, 1.807) is 49.0 Å². The summed E-state index contributed by atoms with van der Waals surface area (Å²) in [5.41, 5.74) is 4.39. The molecule has 7 rings (SSSR count). The van der Waals surface area contributed by atoms with Crippen molar-refractivity contribution in [2.45, 2.75) is 83.2 Å². The van der Waals surface area contributed by atoms with Crippen LogP contribution in [-0.4, -0.2) is 92.1 Å². The number of nitrogens with zero attached hydrogens (tertiary/aromatic N) is 5. The van der Waals surface area contributed by atoms with Crippen LogP contribution in [0.15, 0.2) is 53.5 Å². The van der Waals surface area contributed by atoms with Gasteiger partial charge in [0.05, 0.1) is 28.8 Å². The van der Waals surface area contributed by atoms with Crippen LogP contribution in [0.5, 0.6) is 0 Å². The smallest absolute Gasteiger partial charge is 0.385 e. The third-order valence-electron chi connectivity index (χ3n) is 11.1. The van der Waals surface area contributed by atoms with Gasteiger partial charge in [-0.2, -0.15) is 0 Å². The number of ether oxygens (including phenoxy) is 1. The van der Waals surface area contributed by atoms with Gasteiger partial charge in [-0.05, 0) is 86.6 Å². The largest absolute Gasteiger partial charge is 0.522 e. The van der Waals surface area contributed by atoms with E-state index < -0.39 is 42.6 Å². The average Bonchev–Trinajstić information content (AvgIpc) is 3.67. The normalized spacial score (nSPS) is 17.6. The van der Waals surface area contributed by atoms with E-state index in [1.165, 1.54) is 4.57 Å². The summed E-state index contributed by atoms with van der Waals surface area (Å²) in [7, 11) is 1.67. The molecule has 1 atom stereocenters. The molecule has 2 N–H and O–H groups in total. The summed E-state index contributed by atoms with van der Waals surface area (Å²) in [5, 5.41) is 5.44. The highest BCUT2D eigenvalue weighted by molar-refractivity contribution is 6.23. The number of hydrogen-bond donors (Lipinski definition) is 2. The first-order valence-corrected chi connectivity index (χ1v) is 19.4. The number of likely N-dealkylation sites (tertiary alicyclic amines) is 1. The second-order valence-electron chi connectivity index (χ2n) is 15.0. The van der Waals surface area contributed by atoms with E-state index in [2.05, 4.69) is 15.4 Å². The van der Waals surface area contributed by atoms with Gasteiger partial charge in [0.25, 0.3) is 17.4 Å². The Morgan fingerprint density at radius 1 is 0.931 bits per heavy atom. The zero-order valence-electron chi connectivity index (χ0n) is 32.2. The first-order chi connectivity index (χ1) is 27.7. The Hall–Kier alpha value is -5.84. The van der Waals surface area contributed by atoms with Gasteiger partial charge in [-0.3, -0.25) is 43.7 Å². The molecule has 5 amide bonds. The number of carbonyl (C=O) groups is 5. The maximum atomic E-state index is 13.2. The Morgan fingerprint density at radius 3 is 2.41 bits per heavy atom. The number of alkyl halides is 3. The van der Waals surface area contributed by atoms with Crippen molar-refractivity contribution >= 4 is 46.3 Å². The number of aryl methyl sites for hydroxylation is 2. The minimum Gasteiger partial charge on any atom is -0.385 e. The monoisotopic (exact) mass is 803 g/mol. The van der Waals surface area contributed by atoms with Gasteiger partial charge in [-0.15, -0.1) is 13.2 Å². The van der Waals surface area contributed by atoms with E-state index in [0.717, 1.165) is 28.9 Å². The molecule has 1 unspecified atom stereocenters. The third kappa shape index (κ3) is 8.54. The van der Waals surface area contributed by atoms with Gasteiger partial charge in [-0.25, -0.2) is 4.98 Å². The number of carbonyl (C=O) groups excluding carboxylic acids is 5. The van der Waals surface area contributed by atoms with Crippen LogP contribution in [0.3, 0.4) is 0 Å². The highest BCUT2D eigenvalue weighted by Gasteiger charge is 2.44. The predicted octanol–water partition coefficient (Wildman–Crippen LogP) is 5.03. The maximum absolute atomic E-state index is 13.2. The number of benzene rings is 2. The Balaban J connectivity index is 0.903. The highest BCUT2D eigenvalue weighted by Crippen LogP contribution is 2.34. The second-order valence-corrected chi connectivity index (χ2v) is 15.0. The van der Waals surface area contributed by atoms with E-state index in [0.29, 0.717) is 73.4 Å². The first-order valence-electron chi connectivity index (χ1n) is 19.4. The van der Waals surface area contributed by atoms with Gasteiger partial charge < -0.3 is 19.4 Å². The Labute approximate surface area is 331 Å². The van der Waals surface area contributed by atoms with Crippen molar-refractivity contribution in [3.8, 4) is 11.1 Å². The van der Waals surface area contributed by atoms with E-state index in [1.807, 2.05) is 23.1 Å². The fourth-order valence-electron chi connectivity index (χ4n) is 8.09. The average molecular weight is 804 g/mol. The third-order valence-corrected chi connectivity index (χ3v) is 11.1. The van der Waals surface area contributed by atoms with Crippen LogP contribution in [0.25, 0.3) is 22.2 Å². The first kappa shape index (κ1) is 40.4. The highest BCUT2D eigenvalue weighted by atomic mass is 19.4. The van der Waals surface area contributed by atoms with Crippen LogP contribution < -0.4 is 16.2 Å². The molecule has 306 valence electrons. The molecule has 5 heterocycles. The lowest BCUT2D eigenvalue weighted by atomic mass is 9.95. The van der Waals surface area contributed by atoms with E-state index >= 15 is 0 Å². The van der Waals surface area contributed by atoms with Gasteiger partial charge in [0, 0.05) is 69.4 Å². The lowest BCUT2D eigenvalue weighted by Gasteiger charge is -2.32. The number of hydrogen-bond acceptors (Lipinski definition) is 9. The Kier molecular flexibility index (Phi) is 11.5. The van der Waals surface area contributed by atoms with Gasteiger partial charge in [0.2, 0.25) is 17.7 Å². The van der Waals surface area contributed by atoms with Crippen LogP contribution in [0.1, 0.15) is 89.4 Å². The molecule has 58 heavy (non-hydrogen) atoms. The number of aromatic nitrogens is 3. The predicted molar refractivity (Wildman–Crippen MR) is 206 cm³/mol. The molecular weight excluding hydrogens is 759 g/mol. The topological polar surface area (TPSA) is 165 Å². The molecule has 4 aromatic rings. The van der Waals surface area contributed by atoms with Gasteiger partial charge in [-0.1, -0.05) is 12.5 Å². The lowest BCUT2D eigenvalue weighted by molar-refractivity contribution is -0.325. The van der Waals surface area contributed by atoms with Crippen LogP contribution in [0.2, 0.25) is 0 Å². The van der Waals surface area contributed by atoms with Crippen LogP contribution in [0.4, 0.5) is 18.9 Å². The number of amides is 5. The molecule has 2 aromatic heterocycles. The van der Waals surface area contributed by atoms with Crippen LogP contribution in [0, 0.1) is 6.92 Å². The van der Waals surface area contributed by atoms with Crippen molar-refractivity contribution in [2.75, 3.05) is 31.6 Å². The molecule has 0 aliphatic carbocycles. The zero-order chi connectivity index (χ0) is 41.3. The number of imide groups is 2. The van der Waals surface area contributed by atoms with Crippen molar-refractivity contribution < 1.29 is 41.9 Å². The van der Waals surface area contributed by atoms with Gasteiger partial charge in [0.1, 0.15) is 11.9 Å². The summed E-state index contributed by atoms with van der Waals surface area (Å²) in [6, 6.07) is 11.2. The van der Waals surface area contributed by atoms with Crippen molar-refractivity contribution in [1.29, 1.82) is 0 Å². The van der Waals surface area contributed by atoms with Crippen molar-refractivity contribution in [1.82, 2.24) is 29.2 Å². The summed E-state index contributed by atoms with van der Waals surface area (Å²) in [6.07, 6.45) is 0.854. The fraction of sp³-hybridized carbons (Fsp3) is 0.439. The SMILES string of the molecule is Cc1cc(-c2ccc3nc(C4CCN(C(=O)CCCCCNc5ccc6c(c5)C(=O)N(C5CCC(=O)NC5=O)C6=O)CC4)n(CCOC(F)(F)F)c3c2)cn(C)c1=O. The summed E-state index contributed by atoms with van der Waals surface area (Å²) < 4.78 is 46.4. The van der Waals surface area contributed by atoms with E-state index in [9.17, 15) is 41.9 Å². The number of pyridine rings is 1. The molecule has 3 aliphatic rings. The molecule has 0 spiro atoms. The molecule has 2 saturated heterocycles. The molecule has 17 heteroatoms. The molecule has 2 aromatic carbocycles. The summed E-state index contributed by atoms with van der Waals surface area (Å²) in [4.78, 5) is 83.0. The number of rotatable bonds is 13. The quantitative estimate of drug-likeness (QED) is 0.139. The zero-order valence-corrected chi connectivity index (χ0v) is 32.2. The fourth-order valence-corrected chi connectivity index (χ4v) is 8.09. The lowest BCUT2D eigenvalue weighted by Crippen LogP contribution is -2.54. The summed E-state index contributed by atoms with van der Waals surface area (Å²) >= 11 is 0. The number of unbranched alkanes of at least 4 members (excludes halogenated alkanes) is 2. The molecule has 0 bridgehead atoms. The Bertz CT molecular complexity index is 2320. The van der Waals surface area contributed by atoms with Crippen LogP contribution >= 0.6 is 0 Å². The molecule has 0 saturated carbocycles. The Morgan fingerprint density at radius 2 is 1.69 bits per heavy atom. The number of fused-ring (bicyclic) bond motifs is 2. The number of piperidine rings is 2. The van der Waals surface area contributed by atoms with E-state index in [-0.39, 0.29) is 47.9 Å². The molecule has 3 aliphatic heterocycles. The minimum atomic E-state index is -4.77. The number of nitrogens with one attached hydrogen (secondary N) is 2. The number of halogens is 3. The van der Waals surface area contributed by atoms with Gasteiger partial charge in [0.15, 0.2) is 0 Å². The summed E-state index contributed by atoms with van der Waals surface area (Å²) in [5.74, 6) is -1.61. The van der Waals surface area contributed by atoms with Crippen molar-refractivity contribution in [3.05, 3.63) is 81.5 Å². The second kappa shape index (κ2) is 16.6. The van der Waals surface area contributed by atoms with Gasteiger partial charge >= 0.3 is 6.36 Å². The van der Waals surface area contributed by atoms with Crippen molar-refractivity contribution in [3.63, 3.8) is 0 Å². The minimum absolute atomic E-state index is 0.0399. The molecular formula is C41H44F3N7O7. The van der Waals surface area contributed by atoms with E-state index in [4.69, 9.17) is 4.98 Å². The summed E-state index contributed by atoms with van der Waals surface area (Å²) in [6.45, 7) is 2.64. The van der Waals surface area contributed by atoms with Crippen LogP contribution in [-0.2, 0) is 32.7 Å².